The largest absolute Gasteiger partial charge is 0.298 e. The first-order chi connectivity index (χ1) is 9.03. The Kier molecular flexibility index (Phi) is 2.99. The molecule has 2 saturated carbocycles. The van der Waals surface area contributed by atoms with Gasteiger partial charge in [-0.05, 0) is 58.4 Å². The van der Waals surface area contributed by atoms with E-state index < -0.39 is 0 Å². The van der Waals surface area contributed by atoms with Gasteiger partial charge in [-0.1, -0.05) is 16.7 Å². The first-order valence-electron chi connectivity index (χ1n) is 7.46. The van der Waals surface area contributed by atoms with Crippen LogP contribution in [0.25, 0.3) is 0 Å². The monoisotopic (exact) mass is 258 g/mol. The quantitative estimate of drug-likeness (QED) is 0.620. The molecule has 0 radical (unpaired) electrons. The average Bonchev–Trinajstić information content (AvgIpc) is 2.45. The minimum absolute atomic E-state index is 0.217. The number of hydrogen-bond acceptors (Lipinski definition) is 2. The second-order valence-corrected chi connectivity index (χ2v) is 6.64. The van der Waals surface area contributed by atoms with Crippen LogP contribution in [0.1, 0.15) is 58.8 Å². The van der Waals surface area contributed by atoms with E-state index in [0.29, 0.717) is 12.2 Å². The summed E-state index contributed by atoms with van der Waals surface area (Å²) in [5, 5.41) is 0. The molecule has 0 amide bonds. The van der Waals surface area contributed by atoms with Gasteiger partial charge in [-0.15, -0.1) is 0 Å². The summed E-state index contributed by atoms with van der Waals surface area (Å²) < 4.78 is 0. The van der Waals surface area contributed by atoms with Crippen LogP contribution in [0.4, 0.5) is 0 Å². The van der Waals surface area contributed by atoms with Crippen LogP contribution in [0, 0.1) is 11.3 Å². The molecular formula is C17H22O2. The molecule has 2 unspecified atom stereocenters. The summed E-state index contributed by atoms with van der Waals surface area (Å²) in [6, 6.07) is 0. The van der Waals surface area contributed by atoms with E-state index in [1.165, 1.54) is 11.1 Å². The molecule has 2 bridgehead atoms. The number of hydrogen-bond donors (Lipinski definition) is 0. The zero-order valence-electron chi connectivity index (χ0n) is 11.9. The Balaban J connectivity index is 2.11. The summed E-state index contributed by atoms with van der Waals surface area (Å²) in [5.41, 5.74) is 3.66. The number of carbonyl (C=O) groups is 2. The highest BCUT2D eigenvalue weighted by Gasteiger charge is 2.50. The van der Waals surface area contributed by atoms with Crippen LogP contribution in [0.2, 0.25) is 0 Å². The van der Waals surface area contributed by atoms with Gasteiger partial charge in [-0.2, -0.15) is 0 Å². The summed E-state index contributed by atoms with van der Waals surface area (Å²) in [7, 11) is 0. The van der Waals surface area contributed by atoms with E-state index in [2.05, 4.69) is 13.8 Å². The van der Waals surface area contributed by atoms with Crippen molar-refractivity contribution in [3.8, 4) is 0 Å². The maximum absolute atomic E-state index is 12.9. The van der Waals surface area contributed by atoms with Gasteiger partial charge in [0.25, 0.3) is 0 Å². The maximum Gasteiger partial charge on any atom is 0.155 e. The SMILES string of the molecule is CC(C)=C1CCC2CCC3=CC(=O)CCC3(C1)C2=O. The molecule has 0 aromatic heterocycles. The fraction of sp³-hybridized carbons (Fsp3) is 0.647. The number of fused-ring (bicyclic) bond motifs is 1. The van der Waals surface area contributed by atoms with E-state index in [-0.39, 0.29) is 17.1 Å². The molecule has 3 rings (SSSR count). The second-order valence-electron chi connectivity index (χ2n) is 6.64. The van der Waals surface area contributed by atoms with Gasteiger partial charge in [0, 0.05) is 12.3 Å². The standard InChI is InChI=1S/C17H22O2/c1-11(2)13-4-3-12-5-6-14-9-15(18)7-8-17(14,10-13)16(12)19/h9,12H,3-8,10H2,1-2H3. The highest BCUT2D eigenvalue weighted by Crippen LogP contribution is 2.53. The summed E-state index contributed by atoms with van der Waals surface area (Å²) in [4.78, 5) is 24.6. The number of carbonyl (C=O) groups excluding carboxylic acids is 2. The zero-order chi connectivity index (χ0) is 13.6. The van der Waals surface area contributed by atoms with Crippen LogP contribution in [0.15, 0.2) is 22.8 Å². The van der Waals surface area contributed by atoms with Gasteiger partial charge in [0.1, 0.15) is 5.78 Å². The summed E-state index contributed by atoms with van der Waals surface area (Å²) in [6.07, 6.45) is 7.98. The first-order valence-corrected chi connectivity index (χ1v) is 7.46. The Hall–Kier alpha value is -1.18. The lowest BCUT2D eigenvalue weighted by Crippen LogP contribution is -2.43. The fourth-order valence-corrected chi connectivity index (χ4v) is 4.14. The number of allylic oxidation sites excluding steroid dienone is 4. The molecule has 0 N–H and O–H groups in total. The molecule has 2 fully saturated rings. The third-order valence-electron chi connectivity index (χ3n) is 5.37. The van der Waals surface area contributed by atoms with Crippen molar-refractivity contribution in [2.45, 2.75) is 58.8 Å². The van der Waals surface area contributed by atoms with Crippen molar-refractivity contribution in [3.63, 3.8) is 0 Å². The van der Waals surface area contributed by atoms with Gasteiger partial charge >= 0.3 is 0 Å². The van der Waals surface area contributed by atoms with Gasteiger partial charge in [-0.25, -0.2) is 0 Å². The van der Waals surface area contributed by atoms with Crippen molar-refractivity contribution >= 4 is 11.6 Å². The number of Topliss-reactive ketones (excluding diaryl/α,β-unsaturated/α-hetero) is 1. The Morgan fingerprint density at radius 3 is 2.63 bits per heavy atom. The Bertz CT molecular complexity index is 505. The molecule has 2 atom stereocenters. The normalized spacial score (nSPS) is 34.5. The predicted molar refractivity (Wildman–Crippen MR) is 74.7 cm³/mol. The molecule has 3 aliphatic carbocycles. The molecule has 2 heteroatoms. The number of rotatable bonds is 0. The molecular weight excluding hydrogens is 236 g/mol. The van der Waals surface area contributed by atoms with E-state index in [9.17, 15) is 9.59 Å². The summed E-state index contributed by atoms with van der Waals surface area (Å²) >= 11 is 0. The van der Waals surface area contributed by atoms with E-state index in [1.807, 2.05) is 0 Å². The van der Waals surface area contributed by atoms with Gasteiger partial charge in [0.05, 0.1) is 5.41 Å². The van der Waals surface area contributed by atoms with Crippen LogP contribution in [-0.2, 0) is 9.59 Å². The molecule has 3 aliphatic rings. The minimum atomic E-state index is -0.306. The molecule has 1 spiro atoms. The number of ketones is 2. The predicted octanol–water partition coefficient (Wildman–Crippen LogP) is 3.76. The van der Waals surface area contributed by atoms with Crippen molar-refractivity contribution in [1.29, 1.82) is 0 Å². The molecule has 0 saturated heterocycles. The molecule has 2 nitrogen and oxygen atoms in total. The lowest BCUT2D eigenvalue weighted by atomic mass is 9.59. The molecule has 0 heterocycles. The molecule has 19 heavy (non-hydrogen) atoms. The smallest absolute Gasteiger partial charge is 0.155 e. The first kappa shape index (κ1) is 12.8. The van der Waals surface area contributed by atoms with Crippen molar-refractivity contribution in [1.82, 2.24) is 0 Å². The summed E-state index contributed by atoms with van der Waals surface area (Å²) in [5.74, 6) is 0.894. The van der Waals surface area contributed by atoms with E-state index in [1.54, 1.807) is 6.08 Å². The summed E-state index contributed by atoms with van der Waals surface area (Å²) in [6.45, 7) is 4.31. The van der Waals surface area contributed by atoms with Gasteiger partial charge < -0.3 is 0 Å². The zero-order valence-corrected chi connectivity index (χ0v) is 11.9. The van der Waals surface area contributed by atoms with Crippen LogP contribution < -0.4 is 0 Å². The van der Waals surface area contributed by atoms with Crippen LogP contribution in [0.5, 0.6) is 0 Å². The fourth-order valence-electron chi connectivity index (χ4n) is 4.14. The van der Waals surface area contributed by atoms with E-state index >= 15 is 0 Å². The van der Waals surface area contributed by atoms with Gasteiger partial charge in [0.2, 0.25) is 0 Å². The van der Waals surface area contributed by atoms with Crippen molar-refractivity contribution < 1.29 is 9.59 Å². The maximum atomic E-state index is 12.9. The van der Waals surface area contributed by atoms with Crippen molar-refractivity contribution in [2.24, 2.45) is 11.3 Å². The lowest BCUT2D eigenvalue weighted by Gasteiger charge is -2.42. The molecule has 0 aromatic rings. The van der Waals surface area contributed by atoms with E-state index in [0.717, 1.165) is 44.1 Å². The third kappa shape index (κ3) is 1.92. The topological polar surface area (TPSA) is 34.1 Å². The Morgan fingerprint density at radius 1 is 1.16 bits per heavy atom. The van der Waals surface area contributed by atoms with Gasteiger partial charge in [0.15, 0.2) is 5.78 Å². The Labute approximate surface area is 115 Å². The van der Waals surface area contributed by atoms with Gasteiger partial charge in [-0.3, -0.25) is 9.59 Å². The van der Waals surface area contributed by atoms with Crippen LogP contribution in [0.3, 0.4) is 0 Å². The Morgan fingerprint density at radius 2 is 1.89 bits per heavy atom. The minimum Gasteiger partial charge on any atom is -0.298 e. The molecule has 0 aromatic carbocycles. The van der Waals surface area contributed by atoms with E-state index in [4.69, 9.17) is 0 Å². The highest BCUT2D eigenvalue weighted by molar-refractivity contribution is 5.99. The van der Waals surface area contributed by atoms with Crippen molar-refractivity contribution in [3.05, 3.63) is 22.8 Å². The highest BCUT2D eigenvalue weighted by atomic mass is 16.1. The molecule has 102 valence electrons. The van der Waals surface area contributed by atoms with Crippen LogP contribution >= 0.6 is 0 Å². The lowest BCUT2D eigenvalue weighted by molar-refractivity contribution is -0.133. The van der Waals surface area contributed by atoms with Crippen molar-refractivity contribution in [2.75, 3.05) is 0 Å². The second kappa shape index (κ2) is 4.43. The third-order valence-corrected chi connectivity index (χ3v) is 5.37. The average molecular weight is 258 g/mol. The van der Waals surface area contributed by atoms with Crippen LogP contribution in [-0.4, -0.2) is 11.6 Å². The molecule has 0 aliphatic heterocycles.